The molecule has 2 aliphatic heterocycles. The van der Waals surface area contributed by atoms with Crippen LogP contribution in [0.5, 0.6) is 0 Å². The summed E-state index contributed by atoms with van der Waals surface area (Å²) in [5.41, 5.74) is -0.128. The first-order valence-corrected chi connectivity index (χ1v) is 10.1. The van der Waals surface area contributed by atoms with Crippen molar-refractivity contribution in [3.8, 4) is 6.07 Å². The lowest BCUT2D eigenvalue weighted by Crippen LogP contribution is -2.53. The number of amides is 1. The van der Waals surface area contributed by atoms with Gasteiger partial charge >= 0.3 is 0 Å². The fourth-order valence-corrected chi connectivity index (χ4v) is 4.25. The number of nitriles is 1. The number of carbonyl (C=O) groups is 1. The molecule has 3 atom stereocenters. The third-order valence-corrected chi connectivity index (χ3v) is 5.70. The molecule has 0 spiro atoms. The van der Waals surface area contributed by atoms with E-state index < -0.39 is 11.6 Å². The van der Waals surface area contributed by atoms with E-state index >= 15 is 0 Å². The average molecular weight is 412 g/mol. The van der Waals surface area contributed by atoms with E-state index in [1.54, 1.807) is 12.4 Å². The van der Waals surface area contributed by atoms with Gasteiger partial charge in [0.2, 0.25) is 5.67 Å². The molecular formula is C21H25FN6O2. The number of hydrogen-bond donors (Lipinski definition) is 1. The number of likely N-dealkylation sites (tertiary alicyclic amines) is 1. The molecule has 4 heterocycles. The maximum Gasteiger partial charge on any atom is 0.259 e. The Kier molecular flexibility index (Phi) is 5.54. The molecule has 0 unspecified atom stereocenters. The predicted molar refractivity (Wildman–Crippen MR) is 110 cm³/mol. The standard InChI is InChI=1S/C21H25FN6O2/c1-14-11-28(18-10-25-17(8-23)19-16(18)4-3-6-24-19)12-15(30-14)9-26-20(29)21(22)5-7-27(2)13-21/h3-4,6,10,14-15H,5,7,9,11-13H2,1-2H3,(H,26,29)/t14-,15+,21-/m1/s1. The van der Waals surface area contributed by atoms with Crippen molar-refractivity contribution < 1.29 is 13.9 Å². The highest BCUT2D eigenvalue weighted by atomic mass is 19.1. The van der Waals surface area contributed by atoms with Gasteiger partial charge < -0.3 is 19.9 Å². The highest BCUT2D eigenvalue weighted by molar-refractivity contribution is 5.93. The molecule has 0 aromatic carbocycles. The largest absolute Gasteiger partial charge is 0.370 e. The Labute approximate surface area is 174 Å². The molecule has 0 aliphatic carbocycles. The van der Waals surface area contributed by atoms with E-state index in [-0.39, 0.29) is 37.4 Å². The molecule has 30 heavy (non-hydrogen) atoms. The zero-order valence-electron chi connectivity index (χ0n) is 17.1. The summed E-state index contributed by atoms with van der Waals surface area (Å²) in [6.07, 6.45) is 3.16. The zero-order chi connectivity index (χ0) is 21.3. The molecule has 8 nitrogen and oxygen atoms in total. The van der Waals surface area contributed by atoms with Crippen LogP contribution in [0.15, 0.2) is 24.5 Å². The van der Waals surface area contributed by atoms with Crippen molar-refractivity contribution in [1.29, 1.82) is 5.26 Å². The average Bonchev–Trinajstić information content (AvgIpc) is 3.10. The minimum absolute atomic E-state index is 0.0834. The van der Waals surface area contributed by atoms with Crippen molar-refractivity contribution in [2.45, 2.75) is 31.2 Å². The SMILES string of the molecule is C[C@@H]1CN(c2cnc(C#N)c3ncccc23)C[C@H](CNC(=O)[C@@]2(F)CCN(C)C2)O1. The van der Waals surface area contributed by atoms with Crippen LogP contribution in [0.4, 0.5) is 10.1 Å². The number of nitrogens with zero attached hydrogens (tertiary/aromatic N) is 5. The van der Waals surface area contributed by atoms with Crippen LogP contribution in [0.1, 0.15) is 19.0 Å². The Balaban J connectivity index is 1.49. The molecule has 0 radical (unpaired) electrons. The van der Waals surface area contributed by atoms with E-state index in [1.807, 2.05) is 31.0 Å². The van der Waals surface area contributed by atoms with Gasteiger partial charge in [-0.25, -0.2) is 9.37 Å². The van der Waals surface area contributed by atoms with Crippen molar-refractivity contribution in [2.24, 2.45) is 0 Å². The van der Waals surface area contributed by atoms with Gasteiger partial charge in [0.15, 0.2) is 5.69 Å². The third kappa shape index (κ3) is 3.93. The van der Waals surface area contributed by atoms with E-state index in [2.05, 4.69) is 26.3 Å². The molecule has 1 N–H and O–H groups in total. The Morgan fingerprint density at radius 2 is 2.30 bits per heavy atom. The van der Waals surface area contributed by atoms with Gasteiger partial charge in [0.05, 0.1) is 24.1 Å². The van der Waals surface area contributed by atoms with Gasteiger partial charge in [0, 0.05) is 50.7 Å². The molecule has 9 heteroatoms. The summed E-state index contributed by atoms with van der Waals surface area (Å²) in [4.78, 5) is 24.9. The Hall–Kier alpha value is -2.83. The summed E-state index contributed by atoms with van der Waals surface area (Å²) in [6, 6.07) is 5.82. The minimum atomic E-state index is -1.84. The second kappa shape index (κ2) is 8.13. The fraction of sp³-hybridized carbons (Fsp3) is 0.524. The van der Waals surface area contributed by atoms with E-state index in [4.69, 9.17) is 4.74 Å². The molecular weight excluding hydrogens is 387 g/mol. The zero-order valence-corrected chi connectivity index (χ0v) is 17.1. The first-order chi connectivity index (χ1) is 14.4. The van der Waals surface area contributed by atoms with Crippen LogP contribution in [0, 0.1) is 11.3 Å². The van der Waals surface area contributed by atoms with Gasteiger partial charge in [-0.3, -0.25) is 9.78 Å². The summed E-state index contributed by atoms with van der Waals surface area (Å²) >= 11 is 0. The van der Waals surface area contributed by atoms with Crippen molar-refractivity contribution in [1.82, 2.24) is 20.2 Å². The van der Waals surface area contributed by atoms with Gasteiger partial charge in [-0.15, -0.1) is 0 Å². The Morgan fingerprint density at radius 1 is 1.47 bits per heavy atom. The van der Waals surface area contributed by atoms with Gasteiger partial charge in [0.25, 0.3) is 5.91 Å². The molecule has 0 bridgehead atoms. The van der Waals surface area contributed by atoms with Gasteiger partial charge in [0.1, 0.15) is 11.6 Å². The topological polar surface area (TPSA) is 94.4 Å². The van der Waals surface area contributed by atoms with E-state index in [0.717, 1.165) is 11.1 Å². The maximum absolute atomic E-state index is 14.8. The molecule has 2 aliphatic rings. The summed E-state index contributed by atoms with van der Waals surface area (Å²) in [5, 5.41) is 12.9. The minimum Gasteiger partial charge on any atom is -0.370 e. The number of hydrogen-bond acceptors (Lipinski definition) is 7. The van der Waals surface area contributed by atoms with Crippen molar-refractivity contribution in [2.75, 3.05) is 44.7 Å². The van der Waals surface area contributed by atoms with Crippen molar-refractivity contribution in [3.05, 3.63) is 30.2 Å². The van der Waals surface area contributed by atoms with Crippen LogP contribution in [0.25, 0.3) is 10.9 Å². The number of fused-ring (bicyclic) bond motifs is 1. The Morgan fingerprint density at radius 3 is 3.03 bits per heavy atom. The second-order valence-electron chi connectivity index (χ2n) is 8.14. The molecule has 2 aromatic rings. The van der Waals surface area contributed by atoms with Gasteiger partial charge in [-0.05, 0) is 26.1 Å². The smallest absolute Gasteiger partial charge is 0.259 e. The first-order valence-electron chi connectivity index (χ1n) is 10.1. The highest BCUT2D eigenvalue weighted by Crippen LogP contribution is 2.29. The molecule has 4 rings (SSSR count). The second-order valence-corrected chi connectivity index (χ2v) is 8.14. The predicted octanol–water partition coefficient (Wildman–Crippen LogP) is 1.26. The molecule has 2 fully saturated rings. The molecule has 2 aromatic heterocycles. The van der Waals surface area contributed by atoms with E-state index in [0.29, 0.717) is 25.2 Å². The van der Waals surface area contributed by atoms with E-state index in [1.165, 1.54) is 0 Å². The lowest BCUT2D eigenvalue weighted by molar-refractivity contribution is -0.133. The molecule has 158 valence electrons. The van der Waals surface area contributed by atoms with Crippen LogP contribution in [-0.4, -0.2) is 78.4 Å². The summed E-state index contributed by atoms with van der Waals surface area (Å²) < 4.78 is 20.8. The normalized spacial score (nSPS) is 27.2. The fourth-order valence-electron chi connectivity index (χ4n) is 4.25. The van der Waals surface area contributed by atoms with Gasteiger partial charge in [-0.1, -0.05) is 0 Å². The maximum atomic E-state index is 14.8. The number of halogens is 1. The number of pyridine rings is 2. The number of nitrogens with one attached hydrogen (secondary N) is 1. The molecule has 1 amide bonds. The number of rotatable bonds is 4. The number of carbonyl (C=O) groups excluding carboxylic acids is 1. The van der Waals surface area contributed by atoms with Crippen molar-refractivity contribution >= 4 is 22.5 Å². The van der Waals surface area contributed by atoms with Crippen molar-refractivity contribution in [3.63, 3.8) is 0 Å². The van der Waals surface area contributed by atoms with Crippen LogP contribution in [0.3, 0.4) is 0 Å². The lowest BCUT2D eigenvalue weighted by atomic mass is 10.0. The van der Waals surface area contributed by atoms with Crippen LogP contribution >= 0.6 is 0 Å². The summed E-state index contributed by atoms with van der Waals surface area (Å²) in [5.74, 6) is -0.574. The number of morpholine rings is 1. The number of anilines is 1. The first kappa shape index (κ1) is 20.4. The molecule has 2 saturated heterocycles. The Bertz CT molecular complexity index is 995. The summed E-state index contributed by atoms with van der Waals surface area (Å²) in [7, 11) is 1.81. The number of aromatic nitrogens is 2. The summed E-state index contributed by atoms with van der Waals surface area (Å²) in [6.45, 7) is 4.03. The quantitative estimate of drug-likeness (QED) is 0.808. The monoisotopic (exact) mass is 412 g/mol. The number of alkyl halides is 1. The highest BCUT2D eigenvalue weighted by Gasteiger charge is 2.44. The van der Waals surface area contributed by atoms with Crippen LogP contribution in [0.2, 0.25) is 0 Å². The van der Waals surface area contributed by atoms with Gasteiger partial charge in [-0.2, -0.15) is 5.26 Å². The van der Waals surface area contributed by atoms with Crippen LogP contribution in [-0.2, 0) is 9.53 Å². The number of ether oxygens (including phenoxy) is 1. The van der Waals surface area contributed by atoms with E-state index in [9.17, 15) is 14.4 Å². The third-order valence-electron chi connectivity index (χ3n) is 5.70. The molecule has 0 saturated carbocycles. The lowest BCUT2D eigenvalue weighted by Gasteiger charge is -2.38. The van der Waals surface area contributed by atoms with Crippen LogP contribution < -0.4 is 10.2 Å².